The second-order valence-electron chi connectivity index (χ2n) is 11.1. The van der Waals surface area contributed by atoms with Gasteiger partial charge in [0.05, 0.1) is 11.8 Å². The molecule has 0 radical (unpaired) electrons. The molecule has 3 aromatic carbocycles. The second kappa shape index (κ2) is 11.9. The van der Waals surface area contributed by atoms with E-state index in [4.69, 9.17) is 9.84 Å². The molecule has 0 amide bonds. The Bertz CT molecular complexity index is 1320. The van der Waals surface area contributed by atoms with Crippen LogP contribution in [0.1, 0.15) is 59.5 Å². The number of carbonyl (C=O) groups is 1. The van der Waals surface area contributed by atoms with E-state index in [1.165, 1.54) is 12.1 Å². The summed E-state index contributed by atoms with van der Waals surface area (Å²) in [5, 5.41) is 30.4. The number of aromatic hydroxyl groups is 1. The number of anilines is 1. The summed E-state index contributed by atoms with van der Waals surface area (Å²) in [6.07, 6.45) is 2.42. The third-order valence-electron chi connectivity index (χ3n) is 7.03. The van der Waals surface area contributed by atoms with Gasteiger partial charge in [0, 0.05) is 31.7 Å². The number of benzene rings is 3. The lowest BCUT2D eigenvalue weighted by Gasteiger charge is -2.37. The van der Waals surface area contributed by atoms with Gasteiger partial charge < -0.3 is 29.9 Å². The zero-order chi connectivity index (χ0) is 28.2. The smallest absolute Gasteiger partial charge is 0.339 e. The summed E-state index contributed by atoms with van der Waals surface area (Å²) >= 11 is 0. The van der Waals surface area contributed by atoms with Crippen molar-refractivity contribution in [3.8, 4) is 11.5 Å². The zero-order valence-electron chi connectivity index (χ0n) is 23.1. The molecule has 0 saturated carbocycles. The SMILES string of the molecule is CN1CCN(c2cc(C(O)C=Cc3ccc(C(=O)O)c(O)c3)cc(C(C)(C)C)c2OCc2ccccc2)CC1. The van der Waals surface area contributed by atoms with Gasteiger partial charge in [0.2, 0.25) is 0 Å². The molecule has 1 atom stereocenters. The molecule has 39 heavy (non-hydrogen) atoms. The van der Waals surface area contributed by atoms with Crippen molar-refractivity contribution in [1.29, 1.82) is 0 Å². The molecule has 1 heterocycles. The van der Waals surface area contributed by atoms with E-state index >= 15 is 0 Å². The van der Waals surface area contributed by atoms with E-state index in [-0.39, 0.29) is 16.7 Å². The first-order chi connectivity index (χ1) is 18.5. The fourth-order valence-corrected chi connectivity index (χ4v) is 4.67. The van der Waals surface area contributed by atoms with Crippen LogP contribution in [-0.2, 0) is 12.0 Å². The average molecular weight is 531 g/mol. The van der Waals surface area contributed by atoms with E-state index < -0.39 is 12.1 Å². The lowest BCUT2D eigenvalue weighted by molar-refractivity contribution is 0.0693. The number of carboxylic acid groups (broad SMARTS) is 1. The van der Waals surface area contributed by atoms with E-state index in [0.717, 1.165) is 54.3 Å². The molecule has 0 aromatic heterocycles. The molecule has 7 heteroatoms. The molecule has 1 aliphatic rings. The van der Waals surface area contributed by atoms with Crippen LogP contribution in [0.5, 0.6) is 11.5 Å². The summed E-state index contributed by atoms with van der Waals surface area (Å²) < 4.78 is 6.54. The number of rotatable bonds is 8. The van der Waals surface area contributed by atoms with Gasteiger partial charge in [0.15, 0.2) is 0 Å². The van der Waals surface area contributed by atoms with Gasteiger partial charge in [-0.15, -0.1) is 0 Å². The standard InChI is InChI=1S/C32H38N2O5/c1-32(2,3)26-19-24(28(35)13-11-22-10-12-25(31(37)38)29(36)18-22)20-27(34-16-14-33(4)15-17-34)30(26)39-21-23-8-6-5-7-9-23/h5-13,18-20,28,35-36H,14-17,21H2,1-4H3,(H,37,38). The summed E-state index contributed by atoms with van der Waals surface area (Å²) in [5.41, 5.74) is 4.00. The van der Waals surface area contributed by atoms with Crippen LogP contribution in [0, 0.1) is 0 Å². The van der Waals surface area contributed by atoms with Crippen LogP contribution in [0.3, 0.4) is 0 Å². The van der Waals surface area contributed by atoms with E-state index in [9.17, 15) is 15.0 Å². The minimum Gasteiger partial charge on any atom is -0.507 e. The normalized spacial score (nSPS) is 15.5. The molecular formula is C32H38N2O5. The summed E-state index contributed by atoms with van der Waals surface area (Å²) in [5.74, 6) is -0.666. The number of piperazine rings is 1. The van der Waals surface area contributed by atoms with Gasteiger partial charge in [-0.05, 0) is 53.4 Å². The molecule has 1 saturated heterocycles. The maximum absolute atomic E-state index is 11.2. The van der Waals surface area contributed by atoms with Gasteiger partial charge in [-0.1, -0.05) is 69.3 Å². The number of carboxylic acids is 1. The van der Waals surface area contributed by atoms with E-state index in [1.54, 1.807) is 18.2 Å². The number of likely N-dealkylation sites (N-methyl/N-ethyl adjacent to an activating group) is 1. The topological polar surface area (TPSA) is 93.5 Å². The van der Waals surface area contributed by atoms with Crippen molar-refractivity contribution in [2.45, 2.75) is 38.9 Å². The predicted octanol–water partition coefficient (Wildman–Crippen LogP) is 5.47. The Morgan fingerprint density at radius 3 is 2.33 bits per heavy atom. The molecule has 7 nitrogen and oxygen atoms in total. The van der Waals surface area contributed by atoms with E-state index in [0.29, 0.717) is 12.2 Å². The Hall–Kier alpha value is -3.81. The number of phenols is 1. The molecule has 0 aliphatic carbocycles. The van der Waals surface area contributed by atoms with Crippen molar-refractivity contribution in [1.82, 2.24) is 4.90 Å². The Morgan fingerprint density at radius 1 is 1.03 bits per heavy atom. The zero-order valence-corrected chi connectivity index (χ0v) is 23.1. The van der Waals surface area contributed by atoms with Gasteiger partial charge in [-0.2, -0.15) is 0 Å². The Kier molecular flexibility index (Phi) is 8.63. The lowest BCUT2D eigenvalue weighted by atomic mass is 9.84. The molecule has 4 rings (SSSR count). The highest BCUT2D eigenvalue weighted by Gasteiger charge is 2.28. The fraction of sp³-hybridized carbons (Fsp3) is 0.344. The van der Waals surface area contributed by atoms with Gasteiger partial charge in [-0.25, -0.2) is 4.79 Å². The molecule has 1 unspecified atom stereocenters. The van der Waals surface area contributed by atoms with E-state index in [2.05, 4.69) is 49.8 Å². The number of hydrogen-bond donors (Lipinski definition) is 3. The Balaban J connectivity index is 1.71. The third-order valence-corrected chi connectivity index (χ3v) is 7.03. The second-order valence-corrected chi connectivity index (χ2v) is 11.1. The van der Waals surface area contributed by atoms with Crippen LogP contribution in [0.15, 0.2) is 66.7 Å². The van der Waals surface area contributed by atoms with Crippen LogP contribution in [0.2, 0.25) is 0 Å². The first kappa shape index (κ1) is 28.2. The largest absolute Gasteiger partial charge is 0.507 e. The molecule has 206 valence electrons. The van der Waals surface area contributed by atoms with Crippen molar-refractivity contribution < 1.29 is 24.9 Å². The van der Waals surface area contributed by atoms with Crippen LogP contribution in [-0.4, -0.2) is 59.4 Å². The number of aromatic carboxylic acids is 1. The minimum absolute atomic E-state index is 0.162. The first-order valence-electron chi connectivity index (χ1n) is 13.2. The Morgan fingerprint density at radius 2 is 1.72 bits per heavy atom. The number of aliphatic hydroxyl groups is 1. The van der Waals surface area contributed by atoms with Crippen molar-refractivity contribution in [2.75, 3.05) is 38.1 Å². The molecule has 1 aliphatic heterocycles. The molecule has 0 bridgehead atoms. The Labute approximate surface area is 230 Å². The highest BCUT2D eigenvalue weighted by molar-refractivity contribution is 5.91. The third kappa shape index (κ3) is 6.99. The van der Waals surface area contributed by atoms with Crippen LogP contribution in [0.25, 0.3) is 6.08 Å². The molecule has 0 spiro atoms. The summed E-state index contributed by atoms with van der Waals surface area (Å²) in [6, 6.07) is 18.5. The number of aliphatic hydroxyl groups excluding tert-OH is 1. The van der Waals surface area contributed by atoms with Crippen LogP contribution < -0.4 is 9.64 Å². The number of nitrogens with zero attached hydrogens (tertiary/aromatic N) is 2. The average Bonchev–Trinajstić information content (AvgIpc) is 2.90. The first-order valence-corrected chi connectivity index (χ1v) is 13.2. The van der Waals surface area contributed by atoms with Crippen molar-refractivity contribution in [3.05, 3.63) is 94.6 Å². The fourth-order valence-electron chi connectivity index (χ4n) is 4.67. The lowest BCUT2D eigenvalue weighted by Crippen LogP contribution is -2.44. The van der Waals surface area contributed by atoms with Crippen LogP contribution >= 0.6 is 0 Å². The highest BCUT2D eigenvalue weighted by atomic mass is 16.5. The number of ether oxygens (including phenoxy) is 1. The van der Waals surface area contributed by atoms with Gasteiger partial charge >= 0.3 is 5.97 Å². The minimum atomic E-state index is -1.19. The maximum atomic E-state index is 11.2. The van der Waals surface area contributed by atoms with Crippen molar-refractivity contribution in [2.24, 2.45) is 0 Å². The van der Waals surface area contributed by atoms with Crippen molar-refractivity contribution in [3.63, 3.8) is 0 Å². The molecule has 1 fully saturated rings. The van der Waals surface area contributed by atoms with E-state index in [1.807, 2.05) is 30.3 Å². The van der Waals surface area contributed by atoms with Crippen LogP contribution in [0.4, 0.5) is 5.69 Å². The van der Waals surface area contributed by atoms with Crippen molar-refractivity contribution >= 4 is 17.7 Å². The molecule has 3 N–H and O–H groups in total. The highest BCUT2D eigenvalue weighted by Crippen LogP contribution is 2.42. The van der Waals surface area contributed by atoms with Gasteiger partial charge in [0.1, 0.15) is 23.7 Å². The van der Waals surface area contributed by atoms with Gasteiger partial charge in [0.25, 0.3) is 0 Å². The van der Waals surface area contributed by atoms with Gasteiger partial charge in [-0.3, -0.25) is 0 Å². The summed E-state index contributed by atoms with van der Waals surface area (Å²) in [6.45, 7) is 10.5. The maximum Gasteiger partial charge on any atom is 0.339 e. The molecule has 3 aromatic rings. The quantitative estimate of drug-likeness (QED) is 0.356. The number of hydrogen-bond acceptors (Lipinski definition) is 6. The predicted molar refractivity (Wildman–Crippen MR) is 155 cm³/mol. The summed E-state index contributed by atoms with van der Waals surface area (Å²) in [4.78, 5) is 15.8. The summed E-state index contributed by atoms with van der Waals surface area (Å²) in [7, 11) is 2.12. The monoisotopic (exact) mass is 530 g/mol. The molecular weight excluding hydrogens is 492 g/mol.